The summed E-state index contributed by atoms with van der Waals surface area (Å²) in [6.45, 7) is 6.88. The second-order valence-corrected chi connectivity index (χ2v) is 10.2. The number of hydrogen-bond donors (Lipinski definition) is 1. The van der Waals surface area contributed by atoms with E-state index in [1.807, 2.05) is 11.6 Å². The third kappa shape index (κ3) is 6.72. The first-order valence-corrected chi connectivity index (χ1v) is 13.6. The number of carboxylic acid groups (broad SMARTS) is 1. The molecule has 0 bridgehead atoms. The molecule has 9 nitrogen and oxygen atoms in total. The predicted octanol–water partition coefficient (Wildman–Crippen LogP) is 4.88. The number of aromatic carboxylic acids is 1. The smallest absolute Gasteiger partial charge is 0.335 e. The lowest BCUT2D eigenvalue weighted by atomic mass is 10.1. The van der Waals surface area contributed by atoms with E-state index >= 15 is 0 Å². The zero-order chi connectivity index (χ0) is 28.9. The highest BCUT2D eigenvalue weighted by Crippen LogP contribution is 2.26. The van der Waals surface area contributed by atoms with Crippen LogP contribution in [0.1, 0.15) is 38.5 Å². The van der Waals surface area contributed by atoms with Gasteiger partial charge in [0.1, 0.15) is 11.6 Å². The number of piperazine rings is 1. The molecule has 0 spiro atoms. The van der Waals surface area contributed by atoms with Crippen LogP contribution in [0.2, 0.25) is 0 Å². The molecule has 10 heteroatoms. The minimum Gasteiger partial charge on any atom is -0.478 e. The highest BCUT2D eigenvalue weighted by atomic mass is 19.1. The van der Waals surface area contributed by atoms with E-state index in [1.54, 1.807) is 66.4 Å². The van der Waals surface area contributed by atoms with Crippen molar-refractivity contribution in [2.45, 2.75) is 19.9 Å². The van der Waals surface area contributed by atoms with Crippen molar-refractivity contribution < 1.29 is 28.6 Å². The molecule has 214 valence electrons. The maximum absolute atomic E-state index is 14.2. The Kier molecular flexibility index (Phi) is 8.61. The van der Waals surface area contributed by atoms with Gasteiger partial charge in [-0.15, -0.1) is 0 Å². The van der Waals surface area contributed by atoms with E-state index in [2.05, 4.69) is 9.88 Å². The van der Waals surface area contributed by atoms with Crippen LogP contribution in [0.15, 0.2) is 60.7 Å². The Bertz CT molecular complexity index is 1550. The van der Waals surface area contributed by atoms with E-state index in [-0.39, 0.29) is 17.2 Å². The van der Waals surface area contributed by atoms with Gasteiger partial charge in [-0.1, -0.05) is 12.1 Å². The normalized spacial score (nSPS) is 15.1. The van der Waals surface area contributed by atoms with E-state index in [9.17, 15) is 19.1 Å². The van der Waals surface area contributed by atoms with Gasteiger partial charge in [0.2, 0.25) is 0 Å². The van der Waals surface area contributed by atoms with Crippen LogP contribution in [0.4, 0.5) is 4.39 Å². The first kappa shape index (κ1) is 28.3. The van der Waals surface area contributed by atoms with Crippen LogP contribution in [-0.4, -0.2) is 75.7 Å². The van der Waals surface area contributed by atoms with Crippen LogP contribution in [0, 0.1) is 12.7 Å². The van der Waals surface area contributed by atoms with Gasteiger partial charge in [0.05, 0.1) is 23.1 Å². The molecule has 1 N–H and O–H groups in total. The minimum absolute atomic E-state index is 0.0987. The number of rotatable bonds is 6. The molecule has 0 unspecified atom stereocenters. The summed E-state index contributed by atoms with van der Waals surface area (Å²) in [5, 5.41) is 9.26. The number of fused-ring (bicyclic) bond motifs is 1. The fourth-order valence-electron chi connectivity index (χ4n) is 4.66. The molecule has 0 atom stereocenters. The summed E-state index contributed by atoms with van der Waals surface area (Å²) in [4.78, 5) is 33.2. The summed E-state index contributed by atoms with van der Waals surface area (Å²) in [6, 6.07) is 16.5. The zero-order valence-corrected chi connectivity index (χ0v) is 23.2. The zero-order valence-electron chi connectivity index (χ0n) is 23.2. The molecule has 1 aromatic heterocycles. The van der Waals surface area contributed by atoms with Crippen molar-refractivity contribution in [3.05, 3.63) is 89.0 Å². The highest BCUT2D eigenvalue weighted by Gasteiger charge is 2.24. The van der Waals surface area contributed by atoms with E-state index in [4.69, 9.17) is 9.47 Å². The number of aromatic nitrogens is 2. The molecule has 6 rings (SSSR count). The Morgan fingerprint density at radius 2 is 1.73 bits per heavy atom. The maximum Gasteiger partial charge on any atom is 0.335 e. The second kappa shape index (κ2) is 12.5. The Labute approximate surface area is 237 Å². The van der Waals surface area contributed by atoms with Crippen LogP contribution >= 0.6 is 0 Å². The summed E-state index contributed by atoms with van der Waals surface area (Å²) in [5.41, 5.74) is 3.05. The molecule has 41 heavy (non-hydrogen) atoms. The van der Waals surface area contributed by atoms with E-state index in [0.29, 0.717) is 44.0 Å². The number of carboxylic acids is 1. The number of benzene rings is 3. The van der Waals surface area contributed by atoms with Gasteiger partial charge in [-0.05, 0) is 67.4 Å². The molecule has 2 saturated heterocycles. The number of hydrogen-bond acceptors (Lipinski definition) is 6. The molecule has 2 fully saturated rings. The lowest BCUT2D eigenvalue weighted by Crippen LogP contribution is -2.48. The molecular formula is C31H33FN4O5. The van der Waals surface area contributed by atoms with Gasteiger partial charge in [-0.25, -0.2) is 14.2 Å². The SMILES string of the molecule is C1COC1.Cc1ccc(Oc2cccc(C(=O)N3CCN(Cc4nc5ccc(C(=O)O)cc5n4C)CC3)c2)c(F)c1. The summed E-state index contributed by atoms with van der Waals surface area (Å²) < 4.78 is 26.5. The highest BCUT2D eigenvalue weighted by molar-refractivity contribution is 5.95. The number of carbonyl (C=O) groups is 2. The predicted molar refractivity (Wildman–Crippen MR) is 152 cm³/mol. The van der Waals surface area contributed by atoms with Crippen molar-refractivity contribution in [3.63, 3.8) is 0 Å². The summed E-state index contributed by atoms with van der Waals surface area (Å²) in [7, 11) is 1.88. The second-order valence-electron chi connectivity index (χ2n) is 10.2. The van der Waals surface area contributed by atoms with Crippen LogP contribution in [0.5, 0.6) is 11.5 Å². The number of nitrogens with zero attached hydrogens (tertiary/aromatic N) is 4. The summed E-state index contributed by atoms with van der Waals surface area (Å²) in [5.74, 6) is -0.158. The molecule has 0 radical (unpaired) electrons. The minimum atomic E-state index is -0.968. The number of imidazole rings is 1. The van der Waals surface area contributed by atoms with E-state index in [1.165, 1.54) is 12.5 Å². The summed E-state index contributed by atoms with van der Waals surface area (Å²) >= 11 is 0. The molecule has 1 amide bonds. The first-order valence-electron chi connectivity index (χ1n) is 13.6. The van der Waals surface area contributed by atoms with Gasteiger partial charge in [0.15, 0.2) is 11.6 Å². The van der Waals surface area contributed by atoms with Crippen molar-refractivity contribution in [3.8, 4) is 11.5 Å². The molecule has 0 saturated carbocycles. The van der Waals surface area contributed by atoms with Crippen LogP contribution in [0.25, 0.3) is 11.0 Å². The topological polar surface area (TPSA) is 97.1 Å². The van der Waals surface area contributed by atoms with Crippen molar-refractivity contribution in [1.29, 1.82) is 0 Å². The van der Waals surface area contributed by atoms with Crippen LogP contribution in [-0.2, 0) is 18.3 Å². The van der Waals surface area contributed by atoms with Crippen molar-refractivity contribution in [2.24, 2.45) is 7.05 Å². The van der Waals surface area contributed by atoms with Crippen LogP contribution in [0.3, 0.4) is 0 Å². The monoisotopic (exact) mass is 560 g/mol. The van der Waals surface area contributed by atoms with Gasteiger partial charge >= 0.3 is 5.97 Å². The van der Waals surface area contributed by atoms with Gasteiger partial charge in [0, 0.05) is 52.0 Å². The molecule has 3 heterocycles. The number of amides is 1. The molecule has 2 aliphatic heterocycles. The quantitative estimate of drug-likeness (QED) is 0.359. The Morgan fingerprint density at radius 1 is 1.00 bits per heavy atom. The molecular weight excluding hydrogens is 527 g/mol. The Morgan fingerprint density at radius 3 is 2.39 bits per heavy atom. The molecule has 0 aliphatic carbocycles. The molecule has 2 aliphatic rings. The van der Waals surface area contributed by atoms with Gasteiger partial charge < -0.3 is 24.0 Å². The maximum atomic E-state index is 14.2. The van der Waals surface area contributed by atoms with Crippen molar-refractivity contribution in [2.75, 3.05) is 39.4 Å². The number of carbonyl (C=O) groups excluding carboxylic acids is 1. The fourth-order valence-corrected chi connectivity index (χ4v) is 4.66. The third-order valence-corrected chi connectivity index (χ3v) is 7.22. The van der Waals surface area contributed by atoms with E-state index < -0.39 is 11.8 Å². The van der Waals surface area contributed by atoms with Crippen molar-refractivity contribution >= 4 is 22.9 Å². The number of halogens is 1. The Balaban J connectivity index is 0.000000777. The largest absolute Gasteiger partial charge is 0.478 e. The van der Waals surface area contributed by atoms with Gasteiger partial charge in [0.25, 0.3) is 5.91 Å². The lowest BCUT2D eigenvalue weighted by molar-refractivity contribution is 0.0367. The molecule has 3 aromatic carbocycles. The average Bonchev–Trinajstić information content (AvgIpc) is 3.23. The number of ether oxygens (including phenoxy) is 2. The van der Waals surface area contributed by atoms with Gasteiger partial charge in [-0.2, -0.15) is 0 Å². The fraction of sp³-hybridized carbons (Fsp3) is 0.323. The standard InChI is InChI=1S/C28H27FN4O4.C3H6O/c1-18-6-9-25(22(29)14-18)37-21-5-3-4-19(15-21)27(34)33-12-10-32(11-13-33)17-26-30-23-8-7-20(28(35)36)16-24(23)31(26)2;1-2-4-3-1/h3-9,14-16H,10-13,17H2,1-2H3,(H,35,36);1-3H2. The lowest BCUT2D eigenvalue weighted by Gasteiger charge is -2.34. The van der Waals surface area contributed by atoms with E-state index in [0.717, 1.165) is 35.6 Å². The molecule has 4 aromatic rings. The summed E-state index contributed by atoms with van der Waals surface area (Å²) in [6.07, 6.45) is 1.28. The van der Waals surface area contributed by atoms with Crippen molar-refractivity contribution in [1.82, 2.24) is 19.4 Å². The van der Waals surface area contributed by atoms with Gasteiger partial charge in [-0.3, -0.25) is 9.69 Å². The Hall–Kier alpha value is -4.28. The third-order valence-electron chi connectivity index (χ3n) is 7.22. The number of aryl methyl sites for hydroxylation is 2. The van der Waals surface area contributed by atoms with Crippen LogP contribution < -0.4 is 4.74 Å². The first-order chi connectivity index (χ1) is 19.8. The average molecular weight is 561 g/mol.